The molecule has 2 N–H and O–H groups in total. The summed E-state index contributed by atoms with van der Waals surface area (Å²) in [6.07, 6.45) is 5.65. The minimum absolute atomic E-state index is 0.0525. The maximum Gasteiger partial charge on any atom is 0.253 e. The van der Waals surface area contributed by atoms with Crippen LogP contribution in [0, 0.1) is 5.92 Å². The number of pyridine rings is 1. The van der Waals surface area contributed by atoms with Gasteiger partial charge in [-0.15, -0.1) is 0 Å². The van der Waals surface area contributed by atoms with E-state index >= 15 is 0 Å². The average Bonchev–Trinajstić information content (AvgIpc) is 2.47. The number of ether oxygens (including phenoxy) is 1. The fourth-order valence-corrected chi connectivity index (χ4v) is 2.76. The lowest BCUT2D eigenvalue weighted by Gasteiger charge is -2.30. The topological polar surface area (TPSA) is 71.5 Å². The van der Waals surface area contributed by atoms with Crippen LogP contribution in [0.1, 0.15) is 56.8 Å². The highest BCUT2D eigenvalue weighted by Gasteiger charge is 2.26. The molecule has 2 unspecified atom stereocenters. The van der Waals surface area contributed by atoms with Gasteiger partial charge in [0.15, 0.2) is 0 Å². The van der Waals surface area contributed by atoms with Gasteiger partial charge in [-0.1, -0.05) is 12.8 Å². The zero-order valence-electron chi connectivity index (χ0n) is 13.6. The van der Waals surface area contributed by atoms with Gasteiger partial charge in [0.2, 0.25) is 5.88 Å². The Hall–Kier alpha value is -1.62. The first-order valence-corrected chi connectivity index (χ1v) is 7.96. The van der Waals surface area contributed by atoms with E-state index in [0.29, 0.717) is 11.4 Å². The zero-order chi connectivity index (χ0) is 16.2. The van der Waals surface area contributed by atoms with Gasteiger partial charge in [0.1, 0.15) is 5.60 Å². The number of carbonyl (C=O) groups excluding carboxylic acids is 1. The molecule has 122 valence electrons. The molecule has 1 aromatic rings. The lowest BCUT2D eigenvalue weighted by molar-refractivity contribution is 0.0872. The number of nitrogens with one attached hydrogen (secondary N) is 1. The minimum Gasteiger partial charge on any atom is -0.472 e. The van der Waals surface area contributed by atoms with Crippen molar-refractivity contribution < 1.29 is 14.6 Å². The van der Waals surface area contributed by atoms with Crippen molar-refractivity contribution in [3.8, 4) is 5.88 Å². The molecule has 0 bridgehead atoms. The predicted octanol–water partition coefficient (Wildman–Crippen LogP) is 2.54. The molecular formula is C17H26N2O3. The van der Waals surface area contributed by atoms with Crippen molar-refractivity contribution in [1.82, 2.24) is 10.3 Å². The second kappa shape index (κ2) is 7.09. The van der Waals surface area contributed by atoms with Gasteiger partial charge in [-0.25, -0.2) is 4.98 Å². The Morgan fingerprint density at radius 2 is 2.09 bits per heavy atom. The summed E-state index contributed by atoms with van der Waals surface area (Å²) in [5.41, 5.74) is 0.205. The van der Waals surface area contributed by atoms with Crippen molar-refractivity contribution in [3.63, 3.8) is 0 Å². The molecule has 1 aliphatic rings. The summed E-state index contributed by atoms with van der Waals surface area (Å²) in [7, 11) is 0. The quantitative estimate of drug-likeness (QED) is 0.896. The molecular weight excluding hydrogens is 280 g/mol. The first kappa shape index (κ1) is 16.7. The molecule has 0 saturated heterocycles. The Labute approximate surface area is 132 Å². The van der Waals surface area contributed by atoms with E-state index in [2.05, 4.69) is 10.3 Å². The van der Waals surface area contributed by atoms with E-state index in [0.717, 1.165) is 25.7 Å². The van der Waals surface area contributed by atoms with Gasteiger partial charge < -0.3 is 15.2 Å². The Morgan fingerprint density at radius 1 is 1.36 bits per heavy atom. The summed E-state index contributed by atoms with van der Waals surface area (Å²) >= 11 is 0. The van der Waals surface area contributed by atoms with Gasteiger partial charge in [0, 0.05) is 30.8 Å². The molecule has 0 radical (unpaired) electrons. The smallest absolute Gasteiger partial charge is 0.253 e. The molecule has 1 amide bonds. The van der Waals surface area contributed by atoms with E-state index in [1.807, 2.05) is 20.8 Å². The third-order valence-electron chi connectivity index (χ3n) is 3.87. The number of aliphatic hydroxyl groups is 1. The maximum atomic E-state index is 12.3. The van der Waals surface area contributed by atoms with Crippen LogP contribution in [0.15, 0.2) is 18.3 Å². The average molecular weight is 306 g/mol. The van der Waals surface area contributed by atoms with Crippen molar-refractivity contribution in [3.05, 3.63) is 23.9 Å². The third-order valence-corrected chi connectivity index (χ3v) is 3.87. The van der Waals surface area contributed by atoms with Gasteiger partial charge in [0.05, 0.1) is 5.56 Å². The lowest BCUT2D eigenvalue weighted by Crippen LogP contribution is -2.43. The van der Waals surface area contributed by atoms with Crippen molar-refractivity contribution in [2.24, 2.45) is 5.92 Å². The first-order valence-electron chi connectivity index (χ1n) is 7.96. The fraction of sp³-hybridized carbons (Fsp3) is 0.647. The highest BCUT2D eigenvalue weighted by Crippen LogP contribution is 2.24. The minimum atomic E-state index is -0.312. The monoisotopic (exact) mass is 306 g/mol. The Balaban J connectivity index is 1.97. The Bertz CT molecular complexity index is 494. The first-order chi connectivity index (χ1) is 10.4. The highest BCUT2D eigenvalue weighted by molar-refractivity contribution is 5.94. The van der Waals surface area contributed by atoms with Crippen LogP contribution in [-0.2, 0) is 0 Å². The predicted molar refractivity (Wildman–Crippen MR) is 84.9 cm³/mol. The largest absolute Gasteiger partial charge is 0.472 e. The molecule has 1 heterocycles. The third kappa shape index (κ3) is 4.70. The lowest BCUT2D eigenvalue weighted by atomic mass is 9.85. The van der Waals surface area contributed by atoms with Crippen molar-refractivity contribution in [2.45, 2.75) is 58.1 Å². The number of aromatic nitrogens is 1. The number of amides is 1. The van der Waals surface area contributed by atoms with Crippen LogP contribution in [0.4, 0.5) is 0 Å². The molecule has 5 nitrogen and oxygen atoms in total. The summed E-state index contributed by atoms with van der Waals surface area (Å²) < 4.78 is 5.64. The summed E-state index contributed by atoms with van der Waals surface area (Å²) in [6.45, 7) is 5.98. The fourth-order valence-electron chi connectivity index (χ4n) is 2.76. The Morgan fingerprint density at radius 3 is 2.68 bits per heavy atom. The number of hydrogen-bond donors (Lipinski definition) is 2. The van der Waals surface area contributed by atoms with E-state index in [1.165, 1.54) is 6.20 Å². The van der Waals surface area contributed by atoms with Crippen molar-refractivity contribution in [1.29, 1.82) is 0 Å². The maximum absolute atomic E-state index is 12.3. The van der Waals surface area contributed by atoms with Gasteiger partial charge in [-0.3, -0.25) is 4.79 Å². The van der Waals surface area contributed by atoms with Crippen LogP contribution in [-0.4, -0.2) is 34.2 Å². The molecule has 22 heavy (non-hydrogen) atoms. The molecule has 1 aromatic heterocycles. The van der Waals surface area contributed by atoms with Crippen LogP contribution in [0.25, 0.3) is 0 Å². The van der Waals surface area contributed by atoms with Crippen molar-refractivity contribution in [2.75, 3.05) is 6.61 Å². The van der Waals surface area contributed by atoms with Crippen LogP contribution in [0.2, 0.25) is 0 Å². The SMILES string of the molecule is CC(C)(C)Oc1ccc(C(=O)NC2CCCCC2CO)cn1. The van der Waals surface area contributed by atoms with E-state index < -0.39 is 0 Å². The number of hydrogen-bond acceptors (Lipinski definition) is 4. The van der Waals surface area contributed by atoms with Gasteiger partial charge in [-0.2, -0.15) is 0 Å². The molecule has 1 fully saturated rings. The molecule has 0 aliphatic heterocycles. The van der Waals surface area contributed by atoms with E-state index in [9.17, 15) is 9.90 Å². The molecule has 1 aliphatic carbocycles. The summed E-state index contributed by atoms with van der Waals surface area (Å²) in [5, 5.41) is 12.4. The summed E-state index contributed by atoms with van der Waals surface area (Å²) in [5.74, 6) is 0.532. The number of nitrogens with zero attached hydrogens (tertiary/aromatic N) is 1. The van der Waals surface area contributed by atoms with E-state index in [-0.39, 0.29) is 30.1 Å². The van der Waals surface area contributed by atoms with Crippen molar-refractivity contribution >= 4 is 5.91 Å². The second-order valence-corrected chi connectivity index (χ2v) is 6.91. The Kier molecular flexibility index (Phi) is 5.40. The van der Waals surface area contributed by atoms with Gasteiger partial charge >= 0.3 is 0 Å². The molecule has 2 rings (SSSR count). The molecule has 5 heteroatoms. The second-order valence-electron chi connectivity index (χ2n) is 6.91. The summed E-state index contributed by atoms with van der Waals surface area (Å²) in [6, 6.07) is 3.49. The van der Waals surface area contributed by atoms with E-state index in [1.54, 1.807) is 12.1 Å². The number of aliphatic hydroxyl groups excluding tert-OH is 1. The molecule has 0 aromatic carbocycles. The van der Waals surface area contributed by atoms with E-state index in [4.69, 9.17) is 4.74 Å². The highest BCUT2D eigenvalue weighted by atomic mass is 16.5. The summed E-state index contributed by atoms with van der Waals surface area (Å²) in [4.78, 5) is 16.5. The van der Waals surface area contributed by atoms with Gasteiger partial charge in [-0.05, 0) is 39.7 Å². The van der Waals surface area contributed by atoms with Crippen LogP contribution >= 0.6 is 0 Å². The van der Waals surface area contributed by atoms with Crippen LogP contribution in [0.3, 0.4) is 0 Å². The van der Waals surface area contributed by atoms with Crippen LogP contribution in [0.5, 0.6) is 5.88 Å². The molecule has 2 atom stereocenters. The van der Waals surface area contributed by atoms with Gasteiger partial charge in [0.25, 0.3) is 5.91 Å². The molecule has 0 spiro atoms. The number of rotatable bonds is 4. The van der Waals surface area contributed by atoms with Crippen LogP contribution < -0.4 is 10.1 Å². The standard InChI is InChI=1S/C17H26N2O3/c1-17(2,3)22-15-9-8-12(10-18-15)16(21)19-14-7-5-4-6-13(14)11-20/h8-10,13-14,20H,4-7,11H2,1-3H3,(H,19,21). The zero-order valence-corrected chi connectivity index (χ0v) is 13.6. The molecule has 1 saturated carbocycles. The normalized spacial score (nSPS) is 22.2. The number of carbonyl (C=O) groups is 1.